The number of nitrogens with two attached hydrogens (primary N) is 1. The van der Waals surface area contributed by atoms with E-state index in [1.165, 1.54) is 38.5 Å². The smallest absolute Gasteiger partial charge is 0.268 e. The first-order valence-corrected chi connectivity index (χ1v) is 8.35. The van der Waals surface area contributed by atoms with E-state index in [9.17, 15) is 4.79 Å². The first kappa shape index (κ1) is 13.2. The standard InChI is InChI=1S/C17H25N3O/c1-2-20-10-14(18)6-15(20)16(21)19-17-7-11-3-12(8-17)5-13(4-11)9-17/h6,10-13H,2-5,7-9,18H2,1H3,(H,19,21). The van der Waals surface area contributed by atoms with Crippen LogP contribution < -0.4 is 11.1 Å². The molecule has 4 bridgehead atoms. The SMILES string of the molecule is CCn1cc(N)cc1C(=O)NC12CC3CC(CC(C3)C1)C2. The van der Waals surface area contributed by atoms with Gasteiger partial charge in [0.15, 0.2) is 0 Å². The number of nitrogens with zero attached hydrogens (tertiary/aromatic N) is 1. The summed E-state index contributed by atoms with van der Waals surface area (Å²) < 4.78 is 1.95. The van der Waals surface area contributed by atoms with Crippen molar-refractivity contribution in [3.05, 3.63) is 18.0 Å². The lowest BCUT2D eigenvalue weighted by Crippen LogP contribution is -2.60. The number of hydrogen-bond donors (Lipinski definition) is 2. The van der Waals surface area contributed by atoms with Gasteiger partial charge >= 0.3 is 0 Å². The highest BCUT2D eigenvalue weighted by Gasteiger charge is 2.51. The third-order valence-electron chi connectivity index (χ3n) is 5.91. The predicted octanol–water partition coefficient (Wildman–Crippen LogP) is 2.79. The molecule has 0 spiro atoms. The number of rotatable bonds is 3. The van der Waals surface area contributed by atoms with Gasteiger partial charge in [-0.2, -0.15) is 0 Å². The van der Waals surface area contributed by atoms with Gasteiger partial charge in [0.2, 0.25) is 0 Å². The molecular formula is C17H25N3O. The zero-order valence-corrected chi connectivity index (χ0v) is 12.8. The van der Waals surface area contributed by atoms with Crippen LogP contribution >= 0.6 is 0 Å². The molecular weight excluding hydrogens is 262 g/mol. The van der Waals surface area contributed by atoms with Crippen molar-refractivity contribution in [2.45, 2.75) is 57.5 Å². The van der Waals surface area contributed by atoms with Gasteiger partial charge in [-0.25, -0.2) is 0 Å². The highest BCUT2D eigenvalue weighted by atomic mass is 16.2. The van der Waals surface area contributed by atoms with E-state index in [2.05, 4.69) is 5.32 Å². The molecule has 1 aromatic heterocycles. The molecule has 4 saturated carbocycles. The van der Waals surface area contributed by atoms with Gasteiger partial charge in [0.1, 0.15) is 5.69 Å². The summed E-state index contributed by atoms with van der Waals surface area (Å²) in [5.74, 6) is 2.61. The van der Waals surface area contributed by atoms with Gasteiger partial charge in [0.25, 0.3) is 5.91 Å². The Kier molecular flexibility index (Phi) is 2.85. The van der Waals surface area contributed by atoms with Crippen LogP contribution in [0, 0.1) is 17.8 Å². The topological polar surface area (TPSA) is 60.0 Å². The summed E-state index contributed by atoms with van der Waals surface area (Å²) in [5.41, 5.74) is 7.31. The van der Waals surface area contributed by atoms with E-state index in [0.717, 1.165) is 24.3 Å². The third kappa shape index (κ3) is 2.16. The first-order chi connectivity index (χ1) is 10.1. The van der Waals surface area contributed by atoms with Crippen LogP contribution in [0.2, 0.25) is 0 Å². The van der Waals surface area contributed by atoms with E-state index in [1.807, 2.05) is 17.7 Å². The van der Waals surface area contributed by atoms with Crippen molar-refractivity contribution in [1.29, 1.82) is 0 Å². The summed E-state index contributed by atoms with van der Waals surface area (Å²) in [5, 5.41) is 3.41. The number of aryl methyl sites for hydroxylation is 1. The van der Waals surface area contributed by atoms with Gasteiger partial charge in [-0.05, 0) is 69.3 Å². The molecule has 0 saturated heterocycles. The molecule has 1 aromatic rings. The van der Waals surface area contributed by atoms with Gasteiger partial charge < -0.3 is 15.6 Å². The maximum atomic E-state index is 12.7. The second-order valence-electron chi connectivity index (χ2n) is 7.60. The minimum Gasteiger partial charge on any atom is -0.397 e. The summed E-state index contributed by atoms with van der Waals surface area (Å²) in [6.07, 6.45) is 9.61. The number of aromatic nitrogens is 1. The summed E-state index contributed by atoms with van der Waals surface area (Å²) in [4.78, 5) is 12.7. The Morgan fingerprint density at radius 1 is 1.29 bits per heavy atom. The molecule has 0 unspecified atom stereocenters. The molecule has 4 fully saturated rings. The van der Waals surface area contributed by atoms with Crippen LogP contribution in [0.15, 0.2) is 12.3 Å². The number of nitrogens with one attached hydrogen (secondary N) is 1. The number of carbonyl (C=O) groups is 1. The van der Waals surface area contributed by atoms with Gasteiger partial charge in [0, 0.05) is 18.3 Å². The van der Waals surface area contributed by atoms with Crippen molar-refractivity contribution in [3.63, 3.8) is 0 Å². The van der Waals surface area contributed by atoms with Gasteiger partial charge in [-0.1, -0.05) is 0 Å². The number of nitrogen functional groups attached to an aromatic ring is 1. The molecule has 0 aliphatic heterocycles. The quantitative estimate of drug-likeness (QED) is 0.898. The van der Waals surface area contributed by atoms with E-state index >= 15 is 0 Å². The fraction of sp³-hybridized carbons (Fsp3) is 0.706. The Hall–Kier alpha value is -1.45. The molecule has 3 N–H and O–H groups in total. The first-order valence-electron chi connectivity index (χ1n) is 8.35. The van der Waals surface area contributed by atoms with E-state index in [1.54, 1.807) is 6.07 Å². The van der Waals surface area contributed by atoms with Crippen LogP contribution in [0.4, 0.5) is 5.69 Å². The Morgan fingerprint density at radius 3 is 2.38 bits per heavy atom. The van der Waals surface area contributed by atoms with Gasteiger partial charge in [-0.15, -0.1) is 0 Å². The lowest BCUT2D eigenvalue weighted by atomic mass is 9.53. The average Bonchev–Trinajstić information content (AvgIpc) is 2.78. The lowest BCUT2D eigenvalue weighted by molar-refractivity contribution is -0.0168. The molecule has 4 aliphatic carbocycles. The molecule has 21 heavy (non-hydrogen) atoms. The maximum absolute atomic E-state index is 12.7. The van der Waals surface area contributed by atoms with Crippen LogP contribution in [0.25, 0.3) is 0 Å². The molecule has 0 radical (unpaired) electrons. The minimum atomic E-state index is 0.0653. The fourth-order valence-corrected chi connectivity index (χ4v) is 5.55. The van der Waals surface area contributed by atoms with Crippen molar-refractivity contribution in [2.75, 3.05) is 5.73 Å². The summed E-state index contributed by atoms with van der Waals surface area (Å²) >= 11 is 0. The highest BCUT2D eigenvalue weighted by molar-refractivity contribution is 5.94. The largest absolute Gasteiger partial charge is 0.397 e. The van der Waals surface area contributed by atoms with Crippen LogP contribution in [-0.2, 0) is 6.54 Å². The van der Waals surface area contributed by atoms with Crippen molar-refractivity contribution >= 4 is 11.6 Å². The monoisotopic (exact) mass is 287 g/mol. The van der Waals surface area contributed by atoms with Gasteiger partial charge in [0.05, 0.1) is 5.69 Å². The summed E-state index contributed by atoms with van der Waals surface area (Å²) in [7, 11) is 0. The molecule has 0 aromatic carbocycles. The average molecular weight is 287 g/mol. The number of hydrogen-bond acceptors (Lipinski definition) is 2. The lowest BCUT2D eigenvalue weighted by Gasteiger charge is -2.56. The number of amides is 1. The second-order valence-corrected chi connectivity index (χ2v) is 7.60. The van der Waals surface area contributed by atoms with E-state index < -0.39 is 0 Å². The Labute approximate surface area is 126 Å². The normalized spacial score (nSPS) is 36.9. The van der Waals surface area contributed by atoms with Crippen LogP contribution in [0.5, 0.6) is 0 Å². The molecule has 4 aliphatic rings. The predicted molar refractivity (Wildman–Crippen MR) is 82.9 cm³/mol. The fourth-order valence-electron chi connectivity index (χ4n) is 5.55. The van der Waals surface area contributed by atoms with Crippen molar-refractivity contribution in [3.8, 4) is 0 Å². The molecule has 0 atom stereocenters. The Bertz CT molecular complexity index is 539. The second kappa shape index (κ2) is 4.52. The Morgan fingerprint density at radius 2 is 1.86 bits per heavy atom. The summed E-state index contributed by atoms with van der Waals surface area (Å²) in [6, 6.07) is 1.80. The van der Waals surface area contributed by atoms with E-state index in [0.29, 0.717) is 11.4 Å². The zero-order chi connectivity index (χ0) is 14.6. The third-order valence-corrected chi connectivity index (χ3v) is 5.91. The minimum absolute atomic E-state index is 0.0653. The highest BCUT2D eigenvalue weighted by Crippen LogP contribution is 2.55. The van der Waals surface area contributed by atoms with E-state index in [-0.39, 0.29) is 11.4 Å². The van der Waals surface area contributed by atoms with Crippen molar-refractivity contribution in [1.82, 2.24) is 9.88 Å². The van der Waals surface area contributed by atoms with Crippen LogP contribution in [0.3, 0.4) is 0 Å². The van der Waals surface area contributed by atoms with Crippen LogP contribution in [0.1, 0.15) is 55.9 Å². The van der Waals surface area contributed by atoms with Crippen LogP contribution in [-0.4, -0.2) is 16.0 Å². The summed E-state index contributed by atoms with van der Waals surface area (Å²) in [6.45, 7) is 2.82. The number of carbonyl (C=O) groups excluding carboxylic acids is 1. The molecule has 5 rings (SSSR count). The molecule has 1 heterocycles. The molecule has 4 nitrogen and oxygen atoms in total. The molecule has 1 amide bonds. The maximum Gasteiger partial charge on any atom is 0.268 e. The van der Waals surface area contributed by atoms with Crippen molar-refractivity contribution < 1.29 is 4.79 Å². The van der Waals surface area contributed by atoms with Crippen molar-refractivity contribution in [2.24, 2.45) is 17.8 Å². The van der Waals surface area contributed by atoms with Gasteiger partial charge in [-0.3, -0.25) is 4.79 Å². The zero-order valence-electron chi connectivity index (χ0n) is 12.8. The molecule has 114 valence electrons. The number of anilines is 1. The molecule has 4 heteroatoms. The van der Waals surface area contributed by atoms with E-state index in [4.69, 9.17) is 5.73 Å². The Balaban J connectivity index is 1.56.